The summed E-state index contributed by atoms with van der Waals surface area (Å²) in [7, 11) is 0. The fraction of sp³-hybridized carbons (Fsp3) is 0.333. The summed E-state index contributed by atoms with van der Waals surface area (Å²) in [6.07, 6.45) is -2.91. The number of hydrogen-bond donors (Lipinski definition) is 1. The lowest BCUT2D eigenvalue weighted by molar-refractivity contribution is -0.134. The van der Waals surface area contributed by atoms with Crippen molar-refractivity contribution in [3.05, 3.63) is 36.4 Å². The Balaban J connectivity index is 2.20. The van der Waals surface area contributed by atoms with E-state index in [0.717, 1.165) is 11.3 Å². The minimum absolute atomic E-state index is 0.131. The number of rotatable bonds is 6. The smallest absolute Gasteiger partial charge is 0.330 e. The van der Waals surface area contributed by atoms with Crippen molar-refractivity contribution >= 4 is 23.7 Å². The van der Waals surface area contributed by atoms with Gasteiger partial charge in [-0.05, 0) is 24.1 Å². The molecule has 0 unspecified atom stereocenters. The van der Waals surface area contributed by atoms with Gasteiger partial charge in [-0.3, -0.25) is 0 Å². The molecule has 1 N–H and O–H groups in total. The fourth-order valence-electron chi connectivity index (χ4n) is 1.17. The van der Waals surface area contributed by atoms with Gasteiger partial charge in [0, 0.05) is 17.9 Å². The lowest BCUT2D eigenvalue weighted by Gasteiger charge is -2.07. The molecule has 0 amide bonds. The molecule has 0 radical (unpaired) electrons. The quantitative estimate of drug-likeness (QED) is 0.586. The van der Waals surface area contributed by atoms with Crippen LogP contribution in [0.15, 0.2) is 30.8 Å². The Morgan fingerprint density at radius 1 is 1.24 bits per heavy atom. The first-order chi connectivity index (χ1) is 8.01. The molecule has 1 aromatic rings. The van der Waals surface area contributed by atoms with Crippen molar-refractivity contribution in [2.75, 3.05) is 10.5 Å². The predicted molar refractivity (Wildman–Crippen MR) is 67.9 cm³/mol. The lowest BCUT2D eigenvalue weighted by atomic mass is 10.2. The van der Waals surface area contributed by atoms with E-state index in [4.69, 9.17) is 0 Å². The number of anilines is 1. The van der Waals surface area contributed by atoms with Crippen LogP contribution in [0.4, 0.5) is 18.9 Å². The molecule has 0 aliphatic rings. The fourth-order valence-corrected chi connectivity index (χ4v) is 1.86. The average molecular weight is 261 g/mol. The molecule has 17 heavy (non-hydrogen) atoms. The predicted octanol–water partition coefficient (Wildman–Crippen LogP) is 4.73. The Kier molecular flexibility index (Phi) is 5.41. The van der Waals surface area contributed by atoms with E-state index in [9.17, 15) is 13.2 Å². The molecule has 94 valence electrons. The largest absolute Gasteiger partial charge is 0.389 e. The maximum atomic E-state index is 11.9. The van der Waals surface area contributed by atoms with Gasteiger partial charge in [-0.2, -0.15) is 13.2 Å². The molecular formula is C12H14F3NS. The summed E-state index contributed by atoms with van der Waals surface area (Å²) >= 11 is 1.28. The van der Waals surface area contributed by atoms with Gasteiger partial charge in [0.2, 0.25) is 0 Å². The molecule has 1 rings (SSSR count). The molecule has 0 bridgehead atoms. The van der Waals surface area contributed by atoms with E-state index in [-0.39, 0.29) is 6.42 Å². The summed E-state index contributed by atoms with van der Waals surface area (Å²) in [6, 6.07) is 7.53. The first-order valence-corrected chi connectivity index (χ1v) is 6.17. The minimum Gasteiger partial charge on any atom is -0.330 e. The molecule has 0 saturated carbocycles. The third kappa shape index (κ3) is 6.26. The van der Waals surface area contributed by atoms with Crippen LogP contribution in [0, 0.1) is 0 Å². The van der Waals surface area contributed by atoms with Crippen LogP contribution in [0.2, 0.25) is 0 Å². The van der Waals surface area contributed by atoms with Crippen LogP contribution in [0.3, 0.4) is 0 Å². The van der Waals surface area contributed by atoms with Gasteiger partial charge >= 0.3 is 6.18 Å². The molecule has 1 aromatic carbocycles. The zero-order valence-electron chi connectivity index (χ0n) is 9.26. The number of benzene rings is 1. The van der Waals surface area contributed by atoms with E-state index in [1.54, 1.807) is 6.08 Å². The van der Waals surface area contributed by atoms with Gasteiger partial charge in [-0.15, -0.1) is 0 Å². The zero-order chi connectivity index (χ0) is 12.7. The van der Waals surface area contributed by atoms with Crippen molar-refractivity contribution in [1.82, 2.24) is 0 Å². The first-order valence-electron chi connectivity index (χ1n) is 5.18. The van der Waals surface area contributed by atoms with Crippen LogP contribution in [-0.2, 0) is 0 Å². The van der Waals surface area contributed by atoms with Crippen molar-refractivity contribution in [1.29, 1.82) is 0 Å². The number of halogens is 3. The van der Waals surface area contributed by atoms with Gasteiger partial charge in [0.25, 0.3) is 0 Å². The van der Waals surface area contributed by atoms with Crippen molar-refractivity contribution < 1.29 is 13.2 Å². The van der Waals surface area contributed by atoms with E-state index < -0.39 is 12.6 Å². The van der Waals surface area contributed by atoms with Gasteiger partial charge in [-0.1, -0.05) is 36.7 Å². The van der Waals surface area contributed by atoms with Crippen molar-refractivity contribution in [3.63, 3.8) is 0 Å². The molecule has 5 heteroatoms. The molecule has 0 spiro atoms. The highest BCUT2D eigenvalue weighted by atomic mass is 32.2. The highest BCUT2D eigenvalue weighted by molar-refractivity contribution is 8.00. The molecule has 0 saturated heterocycles. The van der Waals surface area contributed by atoms with Crippen LogP contribution < -0.4 is 4.72 Å². The monoisotopic (exact) mass is 261 g/mol. The van der Waals surface area contributed by atoms with E-state index in [2.05, 4.69) is 11.3 Å². The Hall–Kier alpha value is -1.10. The molecule has 0 aliphatic carbocycles. The molecular weight excluding hydrogens is 247 g/mol. The van der Waals surface area contributed by atoms with Crippen molar-refractivity contribution in [3.8, 4) is 0 Å². The third-order valence-corrected chi connectivity index (χ3v) is 2.92. The summed E-state index contributed by atoms with van der Waals surface area (Å²) in [6.45, 7) is 3.64. The van der Waals surface area contributed by atoms with Crippen molar-refractivity contribution in [2.45, 2.75) is 19.0 Å². The summed E-state index contributed by atoms with van der Waals surface area (Å²) < 4.78 is 38.5. The molecule has 0 atom stereocenters. The second-order valence-electron chi connectivity index (χ2n) is 3.50. The van der Waals surface area contributed by atoms with Crippen molar-refractivity contribution in [2.24, 2.45) is 0 Å². The molecule has 0 aromatic heterocycles. The van der Waals surface area contributed by atoms with Crippen LogP contribution >= 0.6 is 11.9 Å². The number of alkyl halides is 3. The lowest BCUT2D eigenvalue weighted by Crippen LogP contribution is -2.07. The number of nitrogens with one attached hydrogen (secondary N) is 1. The number of hydrogen-bond acceptors (Lipinski definition) is 2. The van der Waals surface area contributed by atoms with E-state index in [1.807, 2.05) is 24.3 Å². The average Bonchev–Trinajstić information content (AvgIpc) is 2.28. The summed E-state index contributed by atoms with van der Waals surface area (Å²) in [5.74, 6) is 0.433. The normalized spacial score (nSPS) is 11.2. The van der Waals surface area contributed by atoms with E-state index in [1.165, 1.54) is 11.9 Å². The van der Waals surface area contributed by atoms with Gasteiger partial charge in [-0.25, -0.2) is 0 Å². The van der Waals surface area contributed by atoms with E-state index in [0.29, 0.717) is 5.75 Å². The summed E-state index contributed by atoms with van der Waals surface area (Å²) in [5.41, 5.74) is 1.89. The van der Waals surface area contributed by atoms with Crippen LogP contribution in [0.25, 0.3) is 6.08 Å². The Labute approximate surface area is 103 Å². The van der Waals surface area contributed by atoms with Crippen LogP contribution in [0.1, 0.15) is 18.4 Å². The Morgan fingerprint density at radius 3 is 2.41 bits per heavy atom. The van der Waals surface area contributed by atoms with Gasteiger partial charge in [0.1, 0.15) is 0 Å². The Morgan fingerprint density at radius 2 is 1.88 bits per heavy atom. The summed E-state index contributed by atoms with van der Waals surface area (Å²) in [5, 5.41) is 0. The highest BCUT2D eigenvalue weighted by Gasteiger charge is 2.25. The highest BCUT2D eigenvalue weighted by Crippen LogP contribution is 2.23. The maximum Gasteiger partial charge on any atom is 0.389 e. The van der Waals surface area contributed by atoms with Crippen LogP contribution in [-0.4, -0.2) is 11.9 Å². The minimum atomic E-state index is -4.05. The maximum absolute atomic E-state index is 11.9. The van der Waals surface area contributed by atoms with E-state index >= 15 is 0 Å². The van der Waals surface area contributed by atoms with Gasteiger partial charge < -0.3 is 4.72 Å². The first kappa shape index (κ1) is 14.0. The molecule has 1 nitrogen and oxygen atoms in total. The standard InChI is InChI=1S/C12H14F3NS/c1-2-10-4-6-11(7-5-10)16-17-9-3-8-12(13,14)15/h2,4-7,16H,1,3,8-9H2. The molecule has 0 aliphatic heterocycles. The summed E-state index contributed by atoms with van der Waals surface area (Å²) in [4.78, 5) is 0. The van der Waals surface area contributed by atoms with Crippen LogP contribution in [0.5, 0.6) is 0 Å². The second-order valence-corrected chi connectivity index (χ2v) is 4.40. The Bertz CT molecular complexity index is 346. The van der Waals surface area contributed by atoms with Gasteiger partial charge in [0.15, 0.2) is 0 Å². The molecule has 0 heterocycles. The molecule has 0 fully saturated rings. The topological polar surface area (TPSA) is 12.0 Å². The zero-order valence-corrected chi connectivity index (χ0v) is 10.1. The second kappa shape index (κ2) is 6.59. The SMILES string of the molecule is C=Cc1ccc(NSCCCC(F)(F)F)cc1. The van der Waals surface area contributed by atoms with Gasteiger partial charge in [0.05, 0.1) is 0 Å². The third-order valence-electron chi connectivity index (χ3n) is 2.04.